The van der Waals surface area contributed by atoms with Gasteiger partial charge in [-0.05, 0) is 13.8 Å². The Morgan fingerprint density at radius 1 is 1.61 bits per heavy atom. The third-order valence-electron chi connectivity index (χ3n) is 1.83. The number of hydrogen-bond donors (Lipinski definition) is 2. The lowest BCUT2D eigenvalue weighted by molar-refractivity contribution is -0.135. The zero-order chi connectivity index (χ0) is 13.5. The molecule has 0 saturated heterocycles. The van der Waals surface area contributed by atoms with E-state index in [1.807, 2.05) is 18.4 Å². The van der Waals surface area contributed by atoms with Crippen LogP contribution in [0.2, 0.25) is 0 Å². The third kappa shape index (κ3) is 4.72. The Morgan fingerprint density at radius 2 is 2.33 bits per heavy atom. The maximum absolute atomic E-state index is 11.3. The van der Waals surface area contributed by atoms with Crippen LogP contribution in [0.4, 0.5) is 0 Å². The van der Waals surface area contributed by atoms with E-state index in [0.29, 0.717) is 5.16 Å². The van der Waals surface area contributed by atoms with Crippen LogP contribution in [0.15, 0.2) is 11.5 Å². The lowest BCUT2D eigenvalue weighted by atomic mass is 10.4. The van der Waals surface area contributed by atoms with E-state index in [1.54, 1.807) is 6.33 Å². The van der Waals surface area contributed by atoms with Crippen LogP contribution >= 0.6 is 11.8 Å². The average Bonchev–Trinajstić information content (AvgIpc) is 2.74. The molecule has 8 nitrogen and oxygen atoms in total. The average molecular weight is 273 g/mol. The summed E-state index contributed by atoms with van der Waals surface area (Å²) in [5.74, 6) is -0.911. The highest BCUT2D eigenvalue weighted by molar-refractivity contribution is 7.99. The molecule has 0 aliphatic rings. The summed E-state index contributed by atoms with van der Waals surface area (Å²) in [5.41, 5.74) is 6.95. The van der Waals surface area contributed by atoms with Crippen LogP contribution in [0, 0.1) is 0 Å². The quantitative estimate of drug-likeness (QED) is 0.511. The first-order valence-corrected chi connectivity index (χ1v) is 6.20. The van der Waals surface area contributed by atoms with Crippen LogP contribution in [0.1, 0.15) is 19.9 Å². The first-order chi connectivity index (χ1) is 8.50. The number of aromatic nitrogens is 3. The van der Waals surface area contributed by atoms with Crippen LogP contribution in [0.25, 0.3) is 0 Å². The van der Waals surface area contributed by atoms with Gasteiger partial charge in [0.1, 0.15) is 6.33 Å². The zero-order valence-corrected chi connectivity index (χ0v) is 10.9. The van der Waals surface area contributed by atoms with E-state index >= 15 is 0 Å². The number of hydrogen-bond acceptors (Lipinski definition) is 6. The van der Waals surface area contributed by atoms with Gasteiger partial charge in [0.2, 0.25) is 5.91 Å². The third-order valence-corrected chi connectivity index (χ3v) is 2.79. The van der Waals surface area contributed by atoms with Gasteiger partial charge in [0.05, 0.1) is 5.75 Å². The van der Waals surface area contributed by atoms with Crippen LogP contribution < -0.4 is 11.2 Å². The normalized spacial score (nSPS) is 10.6. The van der Waals surface area contributed by atoms with E-state index in [2.05, 4.69) is 20.5 Å². The Balaban J connectivity index is 2.33. The number of carbonyl (C=O) groups excluding carboxylic acids is 2. The van der Waals surface area contributed by atoms with Crippen molar-refractivity contribution in [2.24, 2.45) is 5.73 Å². The standard InChI is InChI=1S/C9H15N5O3S/c1-6(2)14-5-11-12-9(14)18-4-8(16)13-17-3-7(10)15/h5-6H,3-4H2,1-2H3,(H2,10,15)(H,13,16). The van der Waals surface area contributed by atoms with Crippen molar-refractivity contribution in [1.29, 1.82) is 0 Å². The summed E-state index contributed by atoms with van der Waals surface area (Å²) < 4.78 is 1.85. The molecule has 3 N–H and O–H groups in total. The van der Waals surface area contributed by atoms with E-state index in [9.17, 15) is 9.59 Å². The van der Waals surface area contributed by atoms with Crippen molar-refractivity contribution in [3.05, 3.63) is 6.33 Å². The topological polar surface area (TPSA) is 112 Å². The van der Waals surface area contributed by atoms with Gasteiger partial charge in [0.25, 0.3) is 5.91 Å². The zero-order valence-electron chi connectivity index (χ0n) is 10.1. The second kappa shape index (κ2) is 6.97. The van der Waals surface area contributed by atoms with E-state index in [-0.39, 0.29) is 24.3 Å². The Labute approximate surface area is 108 Å². The predicted octanol–water partition coefficient (Wildman–Crippen LogP) is -0.516. The van der Waals surface area contributed by atoms with E-state index in [4.69, 9.17) is 5.73 Å². The highest BCUT2D eigenvalue weighted by atomic mass is 32.2. The first-order valence-electron chi connectivity index (χ1n) is 5.22. The van der Waals surface area contributed by atoms with E-state index in [0.717, 1.165) is 0 Å². The maximum Gasteiger partial charge on any atom is 0.254 e. The van der Waals surface area contributed by atoms with E-state index < -0.39 is 5.91 Å². The lowest BCUT2D eigenvalue weighted by Crippen LogP contribution is -2.30. The summed E-state index contributed by atoms with van der Waals surface area (Å²) in [6, 6.07) is 0.219. The fraction of sp³-hybridized carbons (Fsp3) is 0.556. The fourth-order valence-corrected chi connectivity index (χ4v) is 1.87. The Hall–Kier alpha value is -1.61. The largest absolute Gasteiger partial charge is 0.368 e. The molecular weight excluding hydrogens is 258 g/mol. The minimum Gasteiger partial charge on any atom is -0.368 e. The van der Waals surface area contributed by atoms with Gasteiger partial charge in [-0.3, -0.25) is 14.4 Å². The number of thioether (sulfide) groups is 1. The van der Waals surface area contributed by atoms with Crippen molar-refractivity contribution in [3.63, 3.8) is 0 Å². The summed E-state index contributed by atoms with van der Waals surface area (Å²) in [5, 5.41) is 8.32. The van der Waals surface area contributed by atoms with Crippen LogP contribution in [0.5, 0.6) is 0 Å². The van der Waals surface area contributed by atoms with Gasteiger partial charge in [0.15, 0.2) is 11.8 Å². The van der Waals surface area contributed by atoms with Crippen LogP contribution in [-0.4, -0.2) is 38.9 Å². The molecular formula is C9H15N5O3S. The first kappa shape index (κ1) is 14.5. The highest BCUT2D eigenvalue weighted by Gasteiger charge is 2.10. The summed E-state index contributed by atoms with van der Waals surface area (Å²) >= 11 is 1.23. The van der Waals surface area contributed by atoms with Crippen molar-refractivity contribution < 1.29 is 14.4 Å². The molecule has 0 bridgehead atoms. The smallest absolute Gasteiger partial charge is 0.254 e. The number of rotatable bonds is 7. The molecule has 0 spiro atoms. The SMILES string of the molecule is CC(C)n1cnnc1SCC(=O)NOCC(N)=O. The minimum atomic E-state index is -0.650. The molecule has 1 rings (SSSR count). The van der Waals surface area contributed by atoms with Crippen LogP contribution in [-0.2, 0) is 14.4 Å². The molecule has 100 valence electrons. The molecule has 0 aromatic carbocycles. The number of nitrogens with two attached hydrogens (primary N) is 1. The predicted molar refractivity (Wildman–Crippen MR) is 64.4 cm³/mol. The molecule has 1 aromatic rings. The molecule has 0 unspecified atom stereocenters. The number of primary amides is 1. The van der Waals surface area contributed by atoms with Gasteiger partial charge in [-0.25, -0.2) is 5.48 Å². The second-order valence-corrected chi connectivity index (χ2v) is 4.63. The molecule has 0 radical (unpaired) electrons. The van der Waals surface area contributed by atoms with Crippen molar-refractivity contribution in [1.82, 2.24) is 20.2 Å². The second-order valence-electron chi connectivity index (χ2n) is 3.68. The summed E-state index contributed by atoms with van der Waals surface area (Å²) in [7, 11) is 0. The van der Waals surface area contributed by atoms with Gasteiger partial charge in [-0.2, -0.15) is 0 Å². The molecule has 9 heteroatoms. The number of carbonyl (C=O) groups is 2. The lowest BCUT2D eigenvalue weighted by Gasteiger charge is -2.09. The van der Waals surface area contributed by atoms with E-state index in [1.165, 1.54) is 11.8 Å². The summed E-state index contributed by atoms with van der Waals surface area (Å²) in [6.07, 6.45) is 1.61. The molecule has 2 amide bonds. The van der Waals surface area contributed by atoms with Gasteiger partial charge in [-0.15, -0.1) is 10.2 Å². The molecule has 0 aliphatic heterocycles. The number of nitrogens with one attached hydrogen (secondary N) is 1. The van der Waals surface area contributed by atoms with Crippen molar-refractivity contribution >= 4 is 23.6 Å². The summed E-state index contributed by atoms with van der Waals surface area (Å²) in [4.78, 5) is 26.3. The molecule has 0 fully saturated rings. The summed E-state index contributed by atoms with van der Waals surface area (Å²) in [6.45, 7) is 3.63. The van der Waals surface area contributed by atoms with Gasteiger partial charge in [0, 0.05) is 6.04 Å². The van der Waals surface area contributed by atoms with Gasteiger partial charge in [-0.1, -0.05) is 11.8 Å². The van der Waals surface area contributed by atoms with Crippen molar-refractivity contribution in [2.45, 2.75) is 25.0 Å². The Bertz CT molecular complexity index is 420. The van der Waals surface area contributed by atoms with Gasteiger partial charge >= 0.3 is 0 Å². The molecule has 0 atom stereocenters. The van der Waals surface area contributed by atoms with Crippen LogP contribution in [0.3, 0.4) is 0 Å². The fourth-order valence-electron chi connectivity index (χ4n) is 1.04. The number of nitrogens with zero attached hydrogens (tertiary/aromatic N) is 3. The molecule has 0 saturated carbocycles. The molecule has 18 heavy (non-hydrogen) atoms. The Morgan fingerprint density at radius 3 is 2.94 bits per heavy atom. The molecule has 1 heterocycles. The number of hydroxylamine groups is 1. The van der Waals surface area contributed by atoms with Crippen molar-refractivity contribution in [2.75, 3.05) is 12.4 Å². The number of amides is 2. The minimum absolute atomic E-state index is 0.115. The van der Waals surface area contributed by atoms with Crippen molar-refractivity contribution in [3.8, 4) is 0 Å². The highest BCUT2D eigenvalue weighted by Crippen LogP contribution is 2.18. The molecule has 1 aromatic heterocycles. The van der Waals surface area contributed by atoms with Gasteiger partial charge < -0.3 is 10.3 Å². The molecule has 0 aliphatic carbocycles. The maximum atomic E-state index is 11.3. The Kier molecular flexibility index (Phi) is 5.59. The monoisotopic (exact) mass is 273 g/mol.